The highest BCUT2D eigenvalue weighted by Crippen LogP contribution is 2.59. The van der Waals surface area contributed by atoms with Crippen molar-refractivity contribution in [3.05, 3.63) is 23.3 Å². The molecule has 3 unspecified atom stereocenters. The molecule has 0 radical (unpaired) electrons. The van der Waals surface area contributed by atoms with E-state index < -0.39 is 12.8 Å². The van der Waals surface area contributed by atoms with Gasteiger partial charge in [0.25, 0.3) is 0 Å². The number of carbonyl (C=O) groups is 1. The second-order valence-electron chi connectivity index (χ2n) is 6.48. The van der Waals surface area contributed by atoms with Crippen LogP contribution in [-0.4, -0.2) is 18.7 Å². The van der Waals surface area contributed by atoms with Crippen molar-refractivity contribution < 1.29 is 13.9 Å². The first kappa shape index (κ1) is 17.5. The summed E-state index contributed by atoms with van der Waals surface area (Å²) in [5.41, 5.74) is 1.81. The van der Waals surface area contributed by atoms with E-state index in [-0.39, 0.29) is 29.6 Å². The topological polar surface area (TPSA) is 26.3 Å². The second kappa shape index (κ2) is 6.93. The van der Waals surface area contributed by atoms with Gasteiger partial charge in [0.1, 0.15) is 0 Å². The van der Waals surface area contributed by atoms with E-state index >= 15 is 0 Å². The van der Waals surface area contributed by atoms with E-state index in [0.29, 0.717) is 5.57 Å². The van der Waals surface area contributed by atoms with E-state index in [1.165, 1.54) is 5.57 Å². The molecule has 0 aromatic heterocycles. The van der Waals surface area contributed by atoms with Crippen LogP contribution in [0.15, 0.2) is 23.3 Å². The molecule has 116 valence electrons. The van der Waals surface area contributed by atoms with Crippen molar-refractivity contribution in [3.63, 3.8) is 0 Å². The van der Waals surface area contributed by atoms with E-state index in [1.807, 2.05) is 13.8 Å². The van der Waals surface area contributed by atoms with Crippen LogP contribution < -0.4 is 0 Å². The van der Waals surface area contributed by atoms with E-state index in [1.54, 1.807) is 13.0 Å². The predicted octanol–water partition coefficient (Wildman–Crippen LogP) is 4.08. The third kappa shape index (κ3) is 4.20. The molecule has 0 spiro atoms. The molecule has 1 saturated carbocycles. The number of hydrogen-bond acceptors (Lipinski definition) is 2. The summed E-state index contributed by atoms with van der Waals surface area (Å²) >= 11 is 0. The lowest BCUT2D eigenvalue weighted by atomic mass is 10.1. The lowest BCUT2D eigenvalue weighted by molar-refractivity contribution is -0.147. The van der Waals surface area contributed by atoms with Crippen LogP contribution in [0.5, 0.6) is 0 Å². The highest BCUT2D eigenvalue weighted by atomic mass is 19.1. The van der Waals surface area contributed by atoms with Crippen LogP contribution in [0.3, 0.4) is 0 Å². The number of terminal acetylenes is 1. The fraction of sp³-hybridized carbons (Fsp3) is 0.611. The van der Waals surface area contributed by atoms with Gasteiger partial charge in [-0.15, -0.1) is 6.42 Å². The van der Waals surface area contributed by atoms with Crippen LogP contribution >= 0.6 is 0 Å². The van der Waals surface area contributed by atoms with E-state index in [0.717, 1.165) is 0 Å². The number of halogens is 1. The zero-order chi connectivity index (χ0) is 16.2. The Morgan fingerprint density at radius 2 is 2.05 bits per heavy atom. The number of allylic oxidation sites excluding steroid dienone is 3. The molecule has 1 fully saturated rings. The van der Waals surface area contributed by atoms with Gasteiger partial charge >= 0.3 is 5.97 Å². The molecule has 3 heteroatoms. The van der Waals surface area contributed by atoms with Crippen molar-refractivity contribution >= 4 is 5.97 Å². The van der Waals surface area contributed by atoms with Gasteiger partial charge in [-0.2, -0.15) is 0 Å². The molecule has 21 heavy (non-hydrogen) atoms. The van der Waals surface area contributed by atoms with Gasteiger partial charge in [0, 0.05) is 0 Å². The molecule has 0 aromatic rings. The summed E-state index contributed by atoms with van der Waals surface area (Å²) in [6, 6.07) is 0. The van der Waals surface area contributed by atoms with Crippen molar-refractivity contribution in [1.29, 1.82) is 0 Å². The van der Waals surface area contributed by atoms with Gasteiger partial charge in [-0.3, -0.25) is 9.18 Å². The normalized spacial score (nSPS) is 24.7. The Bertz CT molecular complexity index is 490. The molecule has 0 bridgehead atoms. The van der Waals surface area contributed by atoms with Crippen molar-refractivity contribution in [1.82, 2.24) is 0 Å². The number of esters is 1. The molecule has 0 saturated heterocycles. The Balaban J connectivity index is 2.73. The summed E-state index contributed by atoms with van der Waals surface area (Å²) in [4.78, 5) is 12.3. The fourth-order valence-corrected chi connectivity index (χ4v) is 2.64. The average molecular weight is 292 g/mol. The molecule has 1 rings (SSSR count). The largest absolute Gasteiger partial charge is 0.444 e. The molecule has 0 amide bonds. The maximum atomic E-state index is 12.3. The second-order valence-corrected chi connectivity index (χ2v) is 6.48. The number of alkyl halides is 1. The van der Waals surface area contributed by atoms with Crippen LogP contribution in [0.25, 0.3) is 0 Å². The van der Waals surface area contributed by atoms with E-state index in [4.69, 9.17) is 11.2 Å². The highest BCUT2D eigenvalue weighted by molar-refractivity contribution is 5.79. The molecule has 0 heterocycles. The smallest absolute Gasteiger partial charge is 0.311 e. The molecule has 1 aliphatic carbocycles. The molecule has 2 nitrogen and oxygen atoms in total. The first-order valence-electron chi connectivity index (χ1n) is 7.30. The van der Waals surface area contributed by atoms with Crippen LogP contribution in [0, 0.1) is 29.6 Å². The van der Waals surface area contributed by atoms with Gasteiger partial charge in [-0.25, -0.2) is 0 Å². The SMILES string of the molecule is C#CC(OC(=O)C1C(C=C(C)C)C1(C)C)C(C)=CCCF. The Kier molecular flexibility index (Phi) is 5.78. The van der Waals surface area contributed by atoms with Crippen molar-refractivity contribution in [3.8, 4) is 12.3 Å². The Morgan fingerprint density at radius 1 is 1.43 bits per heavy atom. The molecule has 1 aliphatic rings. The van der Waals surface area contributed by atoms with Crippen LogP contribution in [0.4, 0.5) is 4.39 Å². The van der Waals surface area contributed by atoms with Crippen molar-refractivity contribution in [2.45, 2.75) is 47.1 Å². The minimum Gasteiger partial charge on any atom is -0.444 e. The molecule has 0 aromatic carbocycles. The Hall–Kier alpha value is -1.56. The third-order valence-corrected chi connectivity index (χ3v) is 4.05. The molecule has 0 aliphatic heterocycles. The standard InChI is InChI=1S/C18H25FO2/c1-7-15(13(4)9-8-10-19)21-17(20)16-14(11-12(2)3)18(16,5)6/h1,9,11,14-16H,8,10H2,2-6H3. The van der Waals surface area contributed by atoms with Gasteiger partial charge in [-0.05, 0) is 44.1 Å². The number of carbonyl (C=O) groups excluding carboxylic acids is 1. The van der Waals surface area contributed by atoms with E-state index in [9.17, 15) is 9.18 Å². The summed E-state index contributed by atoms with van der Waals surface area (Å²) in [7, 11) is 0. The van der Waals surface area contributed by atoms with Gasteiger partial charge in [-0.1, -0.05) is 37.5 Å². The predicted molar refractivity (Wildman–Crippen MR) is 83.3 cm³/mol. The lowest BCUT2D eigenvalue weighted by Crippen LogP contribution is -2.20. The summed E-state index contributed by atoms with van der Waals surface area (Å²) in [6.45, 7) is 9.47. The third-order valence-electron chi connectivity index (χ3n) is 4.05. The van der Waals surface area contributed by atoms with Gasteiger partial charge in [0.05, 0.1) is 12.6 Å². The zero-order valence-electron chi connectivity index (χ0n) is 13.6. The summed E-state index contributed by atoms with van der Waals surface area (Å²) < 4.78 is 17.6. The lowest BCUT2D eigenvalue weighted by Gasteiger charge is -2.13. The average Bonchev–Trinajstić information content (AvgIpc) is 2.93. The first-order chi connectivity index (χ1) is 9.75. The van der Waals surface area contributed by atoms with Gasteiger partial charge in [0.15, 0.2) is 6.10 Å². The number of ether oxygens (including phenoxy) is 1. The summed E-state index contributed by atoms with van der Waals surface area (Å²) in [5, 5.41) is 0. The highest BCUT2D eigenvalue weighted by Gasteiger charge is 2.61. The van der Waals surface area contributed by atoms with Crippen molar-refractivity contribution in [2.24, 2.45) is 17.3 Å². The van der Waals surface area contributed by atoms with Gasteiger partial charge in [0.2, 0.25) is 0 Å². The van der Waals surface area contributed by atoms with Crippen molar-refractivity contribution in [2.75, 3.05) is 6.67 Å². The molecule has 3 atom stereocenters. The number of rotatable bonds is 6. The summed E-state index contributed by atoms with van der Waals surface area (Å²) in [6.07, 6.45) is 8.81. The zero-order valence-corrected chi connectivity index (χ0v) is 13.6. The fourth-order valence-electron chi connectivity index (χ4n) is 2.64. The Morgan fingerprint density at radius 3 is 2.52 bits per heavy atom. The minimum atomic E-state index is -0.701. The van der Waals surface area contributed by atoms with E-state index in [2.05, 4.69) is 25.8 Å². The minimum absolute atomic E-state index is 0.0932. The molecular formula is C18H25FO2. The molecule has 0 N–H and O–H groups in total. The maximum absolute atomic E-state index is 12.3. The first-order valence-corrected chi connectivity index (χ1v) is 7.30. The number of hydrogen-bond donors (Lipinski definition) is 0. The maximum Gasteiger partial charge on any atom is 0.311 e. The summed E-state index contributed by atoms with van der Waals surface area (Å²) in [5.74, 6) is 2.24. The van der Waals surface area contributed by atoms with Crippen LogP contribution in [0.2, 0.25) is 0 Å². The Labute approximate surface area is 127 Å². The van der Waals surface area contributed by atoms with Crippen LogP contribution in [-0.2, 0) is 9.53 Å². The monoisotopic (exact) mass is 292 g/mol. The quantitative estimate of drug-likeness (QED) is 0.419. The van der Waals surface area contributed by atoms with Crippen LogP contribution in [0.1, 0.15) is 41.0 Å². The molecular weight excluding hydrogens is 267 g/mol. The van der Waals surface area contributed by atoms with Gasteiger partial charge < -0.3 is 4.74 Å².